The van der Waals surface area contributed by atoms with Crippen LogP contribution in [0.5, 0.6) is 0 Å². The van der Waals surface area contributed by atoms with Crippen LogP contribution in [0.1, 0.15) is 70.5 Å². The summed E-state index contributed by atoms with van der Waals surface area (Å²) < 4.78 is 17.8. The maximum absolute atomic E-state index is 5.72. The molecule has 2 heterocycles. The van der Waals surface area contributed by atoms with Gasteiger partial charge in [0.15, 0.2) is 0 Å². The van der Waals surface area contributed by atoms with E-state index >= 15 is 0 Å². The van der Waals surface area contributed by atoms with Crippen molar-refractivity contribution >= 4 is 33.3 Å². The zero-order valence-corrected chi connectivity index (χ0v) is 18.9. The van der Waals surface area contributed by atoms with Gasteiger partial charge < -0.3 is 0 Å². The molecule has 23 heavy (non-hydrogen) atoms. The van der Waals surface area contributed by atoms with Crippen LogP contribution in [-0.2, 0) is 9.47 Å². The zero-order chi connectivity index (χ0) is 16.5. The molecule has 1 aromatic rings. The van der Waals surface area contributed by atoms with Gasteiger partial charge in [0.05, 0.1) is 0 Å². The standard InChI is InChI=1S/C7H7O2S.3C4H9.Sn/c1-2-6(10-5-1)7-8-3-4-9-7;3*1-3-4-2;/h2,5,7H,3-4H2;3*1,3-4H2,2H3;. The van der Waals surface area contributed by atoms with E-state index in [0.717, 1.165) is 13.2 Å². The van der Waals surface area contributed by atoms with Gasteiger partial charge in [0.25, 0.3) is 0 Å². The summed E-state index contributed by atoms with van der Waals surface area (Å²) in [6.07, 6.45) is 8.19. The molecule has 0 atom stereocenters. The van der Waals surface area contributed by atoms with Gasteiger partial charge in [0.1, 0.15) is 0 Å². The Morgan fingerprint density at radius 1 is 0.957 bits per heavy atom. The van der Waals surface area contributed by atoms with E-state index < -0.39 is 18.4 Å². The first-order valence-corrected chi connectivity index (χ1v) is 17.9. The minimum atomic E-state index is -2.25. The Bertz CT molecular complexity index is 419. The Labute approximate surface area is 150 Å². The number of hydrogen-bond acceptors (Lipinski definition) is 3. The van der Waals surface area contributed by atoms with Crippen molar-refractivity contribution in [3.63, 3.8) is 0 Å². The summed E-state index contributed by atoms with van der Waals surface area (Å²) in [6.45, 7) is 8.52. The fraction of sp³-hybridized carbons (Fsp3) is 0.789. The SMILES string of the molecule is CCC[CH2][Sn]([CH2]CCC)([CH2]CCC)[c]1csc(C2OCCO2)c1. The van der Waals surface area contributed by atoms with E-state index in [1.807, 2.05) is 11.3 Å². The third-order valence-corrected chi connectivity index (χ3v) is 22.2. The molecule has 4 heteroatoms. The molecule has 0 amide bonds. The van der Waals surface area contributed by atoms with E-state index in [4.69, 9.17) is 9.47 Å². The average Bonchev–Trinajstić information content (AvgIpc) is 3.25. The quantitative estimate of drug-likeness (QED) is 0.398. The van der Waals surface area contributed by atoms with Crippen molar-refractivity contribution in [2.75, 3.05) is 13.2 Å². The molecule has 0 radical (unpaired) electrons. The Balaban J connectivity index is 2.21. The fourth-order valence-corrected chi connectivity index (χ4v) is 22.3. The number of thiophene rings is 1. The van der Waals surface area contributed by atoms with Crippen LogP contribution in [0.4, 0.5) is 0 Å². The molecule has 0 aliphatic carbocycles. The molecule has 1 aromatic heterocycles. The molecule has 0 bridgehead atoms. The Hall–Kier alpha value is 0.419. The van der Waals surface area contributed by atoms with E-state index in [9.17, 15) is 0 Å². The van der Waals surface area contributed by atoms with Gasteiger partial charge in [-0.15, -0.1) is 0 Å². The molecule has 1 fully saturated rings. The number of unbranched alkanes of at least 4 members (excludes halogenated alkanes) is 3. The summed E-state index contributed by atoms with van der Waals surface area (Å²) >= 11 is -0.378. The molecule has 2 rings (SSSR count). The summed E-state index contributed by atoms with van der Waals surface area (Å²) in [5, 5.41) is 2.48. The van der Waals surface area contributed by atoms with Crippen LogP contribution in [0.3, 0.4) is 0 Å². The Morgan fingerprint density at radius 2 is 1.48 bits per heavy atom. The first kappa shape index (κ1) is 19.7. The number of ether oxygens (including phenoxy) is 2. The van der Waals surface area contributed by atoms with E-state index in [2.05, 4.69) is 32.2 Å². The van der Waals surface area contributed by atoms with E-state index in [1.165, 1.54) is 56.7 Å². The second-order valence-electron chi connectivity index (χ2n) is 6.90. The molecule has 132 valence electrons. The molecule has 1 aliphatic rings. The van der Waals surface area contributed by atoms with Gasteiger partial charge in [-0.3, -0.25) is 0 Å². The molecule has 0 saturated carbocycles. The van der Waals surface area contributed by atoms with E-state index in [0.29, 0.717) is 0 Å². The normalized spacial score (nSPS) is 16.3. The van der Waals surface area contributed by atoms with Crippen LogP contribution in [-0.4, -0.2) is 31.6 Å². The van der Waals surface area contributed by atoms with Crippen LogP contribution in [0.15, 0.2) is 11.4 Å². The van der Waals surface area contributed by atoms with E-state index in [1.54, 1.807) is 3.58 Å². The molecule has 0 spiro atoms. The Kier molecular flexibility index (Phi) is 8.94. The monoisotopic (exact) mass is 446 g/mol. The van der Waals surface area contributed by atoms with Crippen LogP contribution in [0.25, 0.3) is 0 Å². The third kappa shape index (κ3) is 5.45. The van der Waals surface area contributed by atoms with E-state index in [-0.39, 0.29) is 6.29 Å². The minimum absolute atomic E-state index is 0.0822. The van der Waals surface area contributed by atoms with Gasteiger partial charge in [-0.05, 0) is 0 Å². The predicted molar refractivity (Wildman–Crippen MR) is 103 cm³/mol. The Morgan fingerprint density at radius 3 is 1.96 bits per heavy atom. The molecule has 0 unspecified atom stereocenters. The summed E-state index contributed by atoms with van der Waals surface area (Å²) in [5.74, 6) is 0. The maximum atomic E-state index is 5.72. The molecular weight excluding hydrogens is 411 g/mol. The summed E-state index contributed by atoms with van der Waals surface area (Å²) in [5.41, 5.74) is 0. The predicted octanol–water partition coefficient (Wildman–Crippen LogP) is 5.85. The van der Waals surface area contributed by atoms with Crippen LogP contribution < -0.4 is 3.58 Å². The van der Waals surface area contributed by atoms with Crippen molar-refractivity contribution < 1.29 is 9.47 Å². The van der Waals surface area contributed by atoms with Crippen molar-refractivity contribution in [3.05, 3.63) is 16.3 Å². The van der Waals surface area contributed by atoms with Gasteiger partial charge in [-0.25, -0.2) is 0 Å². The second kappa shape index (κ2) is 10.4. The zero-order valence-electron chi connectivity index (χ0n) is 15.2. The average molecular weight is 445 g/mol. The van der Waals surface area contributed by atoms with Gasteiger partial charge >= 0.3 is 151 Å². The van der Waals surface area contributed by atoms with Crippen molar-refractivity contribution in [3.8, 4) is 0 Å². The molecular formula is C19H34O2SSn. The van der Waals surface area contributed by atoms with Crippen molar-refractivity contribution in [1.29, 1.82) is 0 Å². The first-order valence-electron chi connectivity index (χ1n) is 9.58. The van der Waals surface area contributed by atoms with Gasteiger partial charge in [0.2, 0.25) is 0 Å². The van der Waals surface area contributed by atoms with Crippen LogP contribution in [0.2, 0.25) is 13.3 Å². The summed E-state index contributed by atoms with van der Waals surface area (Å²) in [7, 11) is 0. The molecule has 1 saturated heterocycles. The topological polar surface area (TPSA) is 18.5 Å². The second-order valence-corrected chi connectivity index (χ2v) is 21.1. The fourth-order valence-electron chi connectivity index (χ4n) is 3.63. The van der Waals surface area contributed by atoms with Gasteiger partial charge in [-0.1, -0.05) is 0 Å². The van der Waals surface area contributed by atoms with Crippen LogP contribution in [0, 0.1) is 0 Å². The molecule has 0 aromatic carbocycles. The summed E-state index contributed by atoms with van der Waals surface area (Å²) in [4.78, 5) is 1.31. The van der Waals surface area contributed by atoms with Crippen LogP contribution >= 0.6 is 11.3 Å². The van der Waals surface area contributed by atoms with Crippen molar-refractivity contribution in [2.45, 2.75) is 78.9 Å². The molecule has 1 aliphatic heterocycles. The van der Waals surface area contributed by atoms with Gasteiger partial charge in [0, 0.05) is 0 Å². The third-order valence-electron chi connectivity index (χ3n) is 5.11. The first-order chi connectivity index (χ1) is 11.3. The van der Waals surface area contributed by atoms with Crippen molar-refractivity contribution in [2.24, 2.45) is 0 Å². The van der Waals surface area contributed by atoms with Crippen molar-refractivity contribution in [1.82, 2.24) is 0 Å². The molecule has 2 nitrogen and oxygen atoms in total. The number of hydrogen-bond donors (Lipinski definition) is 0. The number of rotatable bonds is 11. The van der Waals surface area contributed by atoms with Gasteiger partial charge in [-0.2, -0.15) is 0 Å². The molecule has 0 N–H and O–H groups in total. The summed E-state index contributed by atoms with van der Waals surface area (Å²) in [6, 6.07) is 2.48.